The number of fused-ring (bicyclic) bond motifs is 2. The molecule has 0 fully saturated rings. The Balaban J connectivity index is 1.31. The van der Waals surface area contributed by atoms with Gasteiger partial charge in [-0.1, -0.05) is 60.7 Å². The van der Waals surface area contributed by atoms with E-state index in [0.29, 0.717) is 39.7 Å². The minimum atomic E-state index is -1.12. The molecule has 3 heterocycles. The van der Waals surface area contributed by atoms with Gasteiger partial charge in [0.05, 0.1) is 5.56 Å². The van der Waals surface area contributed by atoms with Crippen molar-refractivity contribution in [3.8, 4) is 17.1 Å². The quantitative estimate of drug-likeness (QED) is 0.213. The number of Topliss-reactive ketones (excluding diaryl/α,β-unsaturated/α-hetero) is 1. The molecule has 182 valence electrons. The molecule has 0 aliphatic carbocycles. The molecule has 0 bridgehead atoms. The average Bonchev–Trinajstić information content (AvgIpc) is 3.64. The molecule has 0 spiro atoms. The molecule has 0 unspecified atom stereocenters. The molecular formula is C30H20O6S. The number of ether oxygens (including phenoxy) is 1. The van der Waals surface area contributed by atoms with E-state index in [1.807, 2.05) is 66.7 Å². The lowest BCUT2D eigenvalue weighted by Gasteiger charge is -2.06. The number of benzene rings is 3. The minimum Gasteiger partial charge on any atom is -0.485 e. The fourth-order valence-corrected chi connectivity index (χ4v) is 5.34. The van der Waals surface area contributed by atoms with Crippen molar-refractivity contribution in [3.63, 3.8) is 0 Å². The fourth-order valence-electron chi connectivity index (χ4n) is 4.31. The van der Waals surface area contributed by atoms with E-state index in [2.05, 4.69) is 0 Å². The Hall–Kier alpha value is -4.62. The van der Waals surface area contributed by atoms with Gasteiger partial charge in [0.15, 0.2) is 17.1 Å². The van der Waals surface area contributed by atoms with Crippen LogP contribution in [0.1, 0.15) is 31.4 Å². The summed E-state index contributed by atoms with van der Waals surface area (Å²) >= 11 is 1.22. The Morgan fingerprint density at radius 3 is 2.46 bits per heavy atom. The number of furan rings is 2. The van der Waals surface area contributed by atoms with Gasteiger partial charge in [0, 0.05) is 33.0 Å². The van der Waals surface area contributed by atoms with Gasteiger partial charge in [-0.25, -0.2) is 4.79 Å². The van der Waals surface area contributed by atoms with Crippen molar-refractivity contribution in [2.75, 3.05) is 0 Å². The highest BCUT2D eigenvalue weighted by Gasteiger charge is 2.25. The summed E-state index contributed by atoms with van der Waals surface area (Å²) < 4.78 is 17.8. The van der Waals surface area contributed by atoms with Crippen LogP contribution in [-0.4, -0.2) is 16.9 Å². The Labute approximate surface area is 215 Å². The summed E-state index contributed by atoms with van der Waals surface area (Å²) in [6.45, 7) is 0.378. The van der Waals surface area contributed by atoms with Crippen molar-refractivity contribution in [1.29, 1.82) is 0 Å². The molecule has 0 atom stereocenters. The van der Waals surface area contributed by atoms with Crippen LogP contribution in [0.4, 0.5) is 0 Å². The number of rotatable bonds is 8. The lowest BCUT2D eigenvalue weighted by Crippen LogP contribution is -2.06. The third kappa shape index (κ3) is 4.41. The number of para-hydroxylation sites is 2. The van der Waals surface area contributed by atoms with Gasteiger partial charge in [-0.15, -0.1) is 11.3 Å². The molecule has 0 saturated carbocycles. The molecule has 6 rings (SSSR count). The van der Waals surface area contributed by atoms with Crippen molar-refractivity contribution in [3.05, 3.63) is 112 Å². The minimum absolute atomic E-state index is 0.0558. The highest BCUT2D eigenvalue weighted by Crippen LogP contribution is 2.38. The van der Waals surface area contributed by atoms with Gasteiger partial charge < -0.3 is 18.7 Å². The van der Waals surface area contributed by atoms with E-state index >= 15 is 0 Å². The zero-order valence-electron chi connectivity index (χ0n) is 19.5. The van der Waals surface area contributed by atoms with Gasteiger partial charge in [-0.05, 0) is 29.8 Å². The summed E-state index contributed by atoms with van der Waals surface area (Å²) in [5, 5.41) is 13.4. The van der Waals surface area contributed by atoms with Crippen molar-refractivity contribution in [2.45, 2.75) is 13.0 Å². The SMILES string of the molecule is O=C(Cc1scc(-c2cc3cccc(OCc4ccccc4)c3o2)c1C(=O)O)c1cc2ccccc2o1. The fraction of sp³-hybridized carbons (Fsp3) is 0.0667. The second-order valence-corrected chi connectivity index (χ2v) is 9.52. The Morgan fingerprint density at radius 2 is 1.65 bits per heavy atom. The van der Waals surface area contributed by atoms with Gasteiger partial charge >= 0.3 is 5.97 Å². The zero-order chi connectivity index (χ0) is 25.4. The van der Waals surface area contributed by atoms with Gasteiger partial charge in [-0.2, -0.15) is 0 Å². The van der Waals surface area contributed by atoms with Crippen LogP contribution in [0.25, 0.3) is 33.3 Å². The standard InChI is InChI=1S/C30H20O6S/c31-22(26-13-19-9-4-5-11-23(19)35-26)15-27-28(30(32)33)21(17-37-27)25-14-20-10-6-12-24(29(20)36-25)34-16-18-7-2-1-3-8-18/h1-14,17H,15-16H2,(H,32,33). The molecule has 0 aliphatic heterocycles. The predicted molar refractivity (Wildman–Crippen MR) is 142 cm³/mol. The molecule has 6 nitrogen and oxygen atoms in total. The number of carbonyl (C=O) groups excluding carboxylic acids is 1. The van der Waals surface area contributed by atoms with E-state index in [1.165, 1.54) is 11.3 Å². The van der Waals surface area contributed by atoms with Crippen LogP contribution in [0.5, 0.6) is 5.75 Å². The normalized spacial score (nSPS) is 11.2. The summed E-state index contributed by atoms with van der Waals surface area (Å²) in [5.41, 5.74) is 2.66. The zero-order valence-corrected chi connectivity index (χ0v) is 20.3. The van der Waals surface area contributed by atoms with Gasteiger partial charge in [0.2, 0.25) is 5.78 Å². The van der Waals surface area contributed by atoms with Crippen molar-refractivity contribution in [1.82, 2.24) is 0 Å². The second-order valence-electron chi connectivity index (χ2n) is 8.56. The first-order valence-electron chi connectivity index (χ1n) is 11.6. The number of aromatic carboxylic acids is 1. The van der Waals surface area contributed by atoms with Gasteiger partial charge in [0.25, 0.3) is 0 Å². The van der Waals surface area contributed by atoms with Crippen LogP contribution in [-0.2, 0) is 13.0 Å². The Morgan fingerprint density at radius 1 is 0.865 bits per heavy atom. The van der Waals surface area contributed by atoms with Crippen molar-refractivity contribution >= 4 is 45.0 Å². The summed E-state index contributed by atoms with van der Waals surface area (Å²) in [6, 6.07) is 26.2. The molecule has 0 saturated heterocycles. The third-order valence-corrected chi connectivity index (χ3v) is 7.10. The smallest absolute Gasteiger partial charge is 0.337 e. The first-order chi connectivity index (χ1) is 18.1. The van der Waals surface area contributed by atoms with Crippen LogP contribution < -0.4 is 4.74 Å². The van der Waals surface area contributed by atoms with E-state index in [0.717, 1.165) is 16.3 Å². The third-order valence-electron chi connectivity index (χ3n) is 6.11. The first-order valence-corrected chi connectivity index (χ1v) is 12.5. The monoisotopic (exact) mass is 508 g/mol. The highest BCUT2D eigenvalue weighted by molar-refractivity contribution is 7.11. The Bertz CT molecular complexity index is 1720. The number of carboxylic acid groups (broad SMARTS) is 1. The number of ketones is 1. The van der Waals surface area contributed by atoms with Gasteiger partial charge in [0.1, 0.15) is 18.0 Å². The van der Waals surface area contributed by atoms with Gasteiger partial charge in [-0.3, -0.25) is 4.79 Å². The maximum atomic E-state index is 13.0. The van der Waals surface area contributed by atoms with E-state index in [1.54, 1.807) is 23.6 Å². The van der Waals surface area contributed by atoms with Crippen LogP contribution in [0, 0.1) is 0 Å². The lowest BCUT2D eigenvalue weighted by molar-refractivity contribution is 0.0697. The van der Waals surface area contributed by atoms with Crippen molar-refractivity contribution < 1.29 is 28.3 Å². The molecule has 3 aromatic heterocycles. The number of hydrogen-bond donors (Lipinski definition) is 1. The van der Waals surface area contributed by atoms with Crippen LogP contribution >= 0.6 is 11.3 Å². The largest absolute Gasteiger partial charge is 0.485 e. The molecule has 0 radical (unpaired) electrons. The molecule has 37 heavy (non-hydrogen) atoms. The number of carbonyl (C=O) groups is 2. The van der Waals surface area contributed by atoms with Crippen LogP contribution in [0.15, 0.2) is 99.1 Å². The molecule has 6 aromatic rings. The van der Waals surface area contributed by atoms with Crippen LogP contribution in [0.3, 0.4) is 0 Å². The maximum Gasteiger partial charge on any atom is 0.337 e. The summed E-state index contributed by atoms with van der Waals surface area (Å²) in [7, 11) is 0. The van der Waals surface area contributed by atoms with E-state index in [4.69, 9.17) is 13.6 Å². The second kappa shape index (κ2) is 9.44. The first kappa shape index (κ1) is 22.8. The topological polar surface area (TPSA) is 89.9 Å². The predicted octanol–water partition coefficient (Wildman–Crippen LogP) is 7.61. The molecule has 7 heteroatoms. The van der Waals surface area contributed by atoms with Crippen LogP contribution in [0.2, 0.25) is 0 Å². The molecule has 0 amide bonds. The summed E-state index contributed by atoms with van der Waals surface area (Å²) in [6.07, 6.45) is -0.0855. The number of hydrogen-bond acceptors (Lipinski definition) is 6. The van der Waals surface area contributed by atoms with Crippen molar-refractivity contribution in [2.24, 2.45) is 0 Å². The maximum absolute atomic E-state index is 13.0. The lowest BCUT2D eigenvalue weighted by atomic mass is 10.0. The molecule has 1 N–H and O–H groups in total. The Kier molecular flexibility index (Phi) is 5.82. The average molecular weight is 509 g/mol. The van der Waals surface area contributed by atoms with E-state index in [9.17, 15) is 14.7 Å². The molecular weight excluding hydrogens is 488 g/mol. The number of thiophene rings is 1. The highest BCUT2D eigenvalue weighted by atomic mass is 32.1. The summed E-state index contributed by atoms with van der Waals surface area (Å²) in [4.78, 5) is 25.7. The van der Waals surface area contributed by atoms with E-state index in [-0.39, 0.29) is 23.5 Å². The summed E-state index contributed by atoms with van der Waals surface area (Å²) in [5.74, 6) is -0.226. The molecule has 0 aliphatic rings. The van der Waals surface area contributed by atoms with E-state index < -0.39 is 5.97 Å². The molecule has 3 aromatic carbocycles. The number of carboxylic acids is 1.